The van der Waals surface area contributed by atoms with Gasteiger partial charge in [-0.05, 0) is 68.3 Å². The summed E-state index contributed by atoms with van der Waals surface area (Å²) < 4.78 is 9.71. The first-order valence-corrected chi connectivity index (χ1v) is 10.1. The minimum Gasteiger partial charge on any atom is -0.434 e. The van der Waals surface area contributed by atoms with Gasteiger partial charge in [0.25, 0.3) is 11.8 Å². The fraction of sp³-hybridized carbons (Fsp3) is 0.318. The van der Waals surface area contributed by atoms with Gasteiger partial charge >= 0.3 is 6.16 Å². The van der Waals surface area contributed by atoms with Crippen LogP contribution in [0.4, 0.5) is 4.79 Å². The quantitative estimate of drug-likeness (QED) is 0.574. The number of nitrogens with zero attached hydrogens (tertiary/aromatic N) is 1. The molecule has 0 spiro atoms. The number of carbonyl (C=O) groups is 3. The van der Waals surface area contributed by atoms with Gasteiger partial charge in [-0.15, -0.1) is 0 Å². The van der Waals surface area contributed by atoms with Gasteiger partial charge in [0, 0.05) is 35.3 Å². The third kappa shape index (κ3) is 5.73. The predicted octanol–water partition coefficient (Wildman–Crippen LogP) is 3.91. The molecule has 2 aromatic carbocycles. The average molecular weight is 431 g/mol. The molecular weight excluding hydrogens is 408 g/mol. The Morgan fingerprint density at radius 1 is 1.00 bits per heavy atom. The van der Waals surface area contributed by atoms with Crippen LogP contribution in [0, 0.1) is 0 Å². The summed E-state index contributed by atoms with van der Waals surface area (Å²) in [5.74, 6) is 0.0717. The number of piperidine rings is 1. The molecule has 158 valence electrons. The van der Waals surface area contributed by atoms with Crippen LogP contribution >= 0.6 is 11.6 Å². The van der Waals surface area contributed by atoms with Crippen molar-refractivity contribution in [2.75, 3.05) is 19.7 Å². The number of ether oxygens (including phenoxy) is 2. The third-order valence-corrected chi connectivity index (χ3v) is 5.04. The lowest BCUT2D eigenvalue weighted by Crippen LogP contribution is -2.46. The van der Waals surface area contributed by atoms with Crippen molar-refractivity contribution in [1.82, 2.24) is 10.2 Å². The van der Waals surface area contributed by atoms with Crippen LogP contribution in [0.3, 0.4) is 0 Å². The molecule has 2 aromatic rings. The monoisotopic (exact) mass is 430 g/mol. The molecule has 0 unspecified atom stereocenters. The smallest absolute Gasteiger partial charge is 0.434 e. The number of nitrogens with one attached hydrogen (secondary N) is 1. The van der Waals surface area contributed by atoms with Crippen molar-refractivity contribution in [3.05, 3.63) is 64.7 Å². The molecule has 1 fully saturated rings. The zero-order valence-electron chi connectivity index (χ0n) is 16.6. The van der Waals surface area contributed by atoms with Crippen molar-refractivity contribution >= 4 is 29.6 Å². The van der Waals surface area contributed by atoms with Gasteiger partial charge in [0.1, 0.15) is 5.75 Å². The highest BCUT2D eigenvalue weighted by atomic mass is 35.5. The van der Waals surface area contributed by atoms with E-state index in [1.54, 1.807) is 60.4 Å². The van der Waals surface area contributed by atoms with Gasteiger partial charge < -0.3 is 19.7 Å². The highest BCUT2D eigenvalue weighted by molar-refractivity contribution is 6.30. The number of benzene rings is 2. The lowest BCUT2D eigenvalue weighted by molar-refractivity contribution is 0.0698. The molecule has 0 saturated carbocycles. The van der Waals surface area contributed by atoms with Crippen LogP contribution in [-0.2, 0) is 4.74 Å². The van der Waals surface area contributed by atoms with Crippen molar-refractivity contribution in [2.24, 2.45) is 0 Å². The summed E-state index contributed by atoms with van der Waals surface area (Å²) in [6.07, 6.45) is 0.573. The van der Waals surface area contributed by atoms with Gasteiger partial charge in [-0.2, -0.15) is 0 Å². The van der Waals surface area contributed by atoms with E-state index < -0.39 is 6.16 Å². The second kappa shape index (κ2) is 10.1. The Labute approximate surface area is 179 Å². The summed E-state index contributed by atoms with van der Waals surface area (Å²) in [4.78, 5) is 38.1. The Morgan fingerprint density at radius 3 is 2.20 bits per heavy atom. The van der Waals surface area contributed by atoms with E-state index in [2.05, 4.69) is 5.32 Å². The summed E-state index contributed by atoms with van der Waals surface area (Å²) >= 11 is 5.85. The van der Waals surface area contributed by atoms with Gasteiger partial charge in [-0.3, -0.25) is 9.59 Å². The highest BCUT2D eigenvalue weighted by Gasteiger charge is 2.25. The zero-order chi connectivity index (χ0) is 21.5. The first kappa shape index (κ1) is 21.6. The van der Waals surface area contributed by atoms with E-state index in [9.17, 15) is 14.4 Å². The highest BCUT2D eigenvalue weighted by Crippen LogP contribution is 2.18. The Hall–Kier alpha value is -3.06. The minimum atomic E-state index is -0.778. The zero-order valence-corrected chi connectivity index (χ0v) is 17.4. The molecule has 0 aromatic heterocycles. The second-order valence-electron chi connectivity index (χ2n) is 6.86. The van der Waals surface area contributed by atoms with Crippen molar-refractivity contribution < 1.29 is 23.9 Å². The van der Waals surface area contributed by atoms with Crippen LogP contribution in [0.1, 0.15) is 40.5 Å². The predicted molar refractivity (Wildman–Crippen MR) is 112 cm³/mol. The largest absolute Gasteiger partial charge is 0.513 e. The molecule has 0 bridgehead atoms. The SMILES string of the molecule is CCOC(=O)Oc1ccc(C(=O)N2CCC(NC(=O)c3ccc(Cl)cc3)CC2)cc1. The Morgan fingerprint density at radius 2 is 1.60 bits per heavy atom. The molecule has 2 amide bonds. The van der Waals surface area contributed by atoms with Gasteiger partial charge in [-0.1, -0.05) is 11.6 Å². The average Bonchev–Trinajstić information content (AvgIpc) is 2.75. The van der Waals surface area contributed by atoms with E-state index in [0.717, 1.165) is 0 Å². The summed E-state index contributed by atoms with van der Waals surface area (Å²) in [5, 5.41) is 3.59. The maximum absolute atomic E-state index is 12.7. The number of hydrogen-bond acceptors (Lipinski definition) is 5. The van der Waals surface area contributed by atoms with Crippen LogP contribution < -0.4 is 10.1 Å². The lowest BCUT2D eigenvalue weighted by Gasteiger charge is -2.32. The van der Waals surface area contributed by atoms with Gasteiger partial charge in [-0.25, -0.2) is 4.79 Å². The minimum absolute atomic E-state index is 0.0117. The summed E-state index contributed by atoms with van der Waals surface area (Å²) in [6.45, 7) is 3.01. The van der Waals surface area contributed by atoms with Gasteiger partial charge in [0.2, 0.25) is 0 Å². The van der Waals surface area contributed by atoms with Crippen molar-refractivity contribution in [3.8, 4) is 5.75 Å². The molecule has 1 saturated heterocycles. The molecular formula is C22H23ClN2O5. The maximum Gasteiger partial charge on any atom is 0.513 e. The van der Waals surface area contributed by atoms with E-state index in [-0.39, 0.29) is 24.5 Å². The van der Waals surface area contributed by atoms with Crippen molar-refractivity contribution in [3.63, 3.8) is 0 Å². The Balaban J connectivity index is 1.49. The first-order chi connectivity index (χ1) is 14.5. The summed E-state index contributed by atoms with van der Waals surface area (Å²) in [6, 6.07) is 13.1. The second-order valence-corrected chi connectivity index (χ2v) is 7.29. The topological polar surface area (TPSA) is 84.9 Å². The number of amides is 2. The van der Waals surface area contributed by atoms with Gasteiger partial charge in [0.15, 0.2) is 0 Å². The van der Waals surface area contributed by atoms with E-state index in [0.29, 0.717) is 47.8 Å². The molecule has 0 aliphatic carbocycles. The molecule has 8 heteroatoms. The van der Waals surface area contributed by atoms with E-state index >= 15 is 0 Å². The van der Waals surface area contributed by atoms with Crippen molar-refractivity contribution in [2.45, 2.75) is 25.8 Å². The molecule has 7 nitrogen and oxygen atoms in total. The van der Waals surface area contributed by atoms with E-state index in [1.807, 2.05) is 0 Å². The molecule has 1 heterocycles. The van der Waals surface area contributed by atoms with Crippen LogP contribution in [0.2, 0.25) is 5.02 Å². The molecule has 1 aliphatic heterocycles. The fourth-order valence-corrected chi connectivity index (χ4v) is 3.31. The Bertz CT molecular complexity index is 891. The molecule has 1 aliphatic rings. The molecule has 30 heavy (non-hydrogen) atoms. The van der Waals surface area contributed by atoms with Crippen LogP contribution in [-0.4, -0.2) is 48.6 Å². The maximum atomic E-state index is 12.7. The fourth-order valence-electron chi connectivity index (χ4n) is 3.19. The van der Waals surface area contributed by atoms with Crippen LogP contribution in [0.25, 0.3) is 0 Å². The number of hydrogen-bond donors (Lipinski definition) is 1. The van der Waals surface area contributed by atoms with E-state index in [4.69, 9.17) is 21.1 Å². The normalized spacial score (nSPS) is 14.1. The van der Waals surface area contributed by atoms with Crippen molar-refractivity contribution in [1.29, 1.82) is 0 Å². The third-order valence-electron chi connectivity index (χ3n) is 4.79. The lowest BCUT2D eigenvalue weighted by atomic mass is 10.0. The summed E-state index contributed by atoms with van der Waals surface area (Å²) in [5.41, 5.74) is 1.07. The number of likely N-dealkylation sites (tertiary alicyclic amines) is 1. The molecule has 3 rings (SSSR count). The van der Waals surface area contributed by atoms with Crippen LogP contribution in [0.5, 0.6) is 5.75 Å². The number of rotatable bonds is 5. The van der Waals surface area contributed by atoms with E-state index in [1.165, 1.54) is 0 Å². The number of carbonyl (C=O) groups excluding carboxylic acids is 3. The number of halogens is 1. The first-order valence-electron chi connectivity index (χ1n) is 9.76. The molecule has 0 radical (unpaired) electrons. The summed E-state index contributed by atoms with van der Waals surface area (Å²) in [7, 11) is 0. The van der Waals surface area contributed by atoms with Gasteiger partial charge in [0.05, 0.1) is 6.61 Å². The standard InChI is InChI=1S/C22H23ClN2O5/c1-2-29-22(28)30-19-9-5-16(6-10-19)21(27)25-13-11-18(12-14-25)24-20(26)15-3-7-17(23)8-4-15/h3-10,18H,2,11-14H2,1H3,(H,24,26). The Kier molecular flexibility index (Phi) is 7.30. The molecule has 1 N–H and O–H groups in total. The van der Waals surface area contributed by atoms with Crippen LogP contribution in [0.15, 0.2) is 48.5 Å². The molecule has 0 atom stereocenters.